The van der Waals surface area contributed by atoms with Gasteiger partial charge in [-0.2, -0.15) is 0 Å². The fraction of sp³-hybridized carbons (Fsp3) is 0.824. The molecule has 1 rings (SSSR count). The summed E-state index contributed by atoms with van der Waals surface area (Å²) < 4.78 is 0. The van der Waals surface area contributed by atoms with Gasteiger partial charge in [0.1, 0.15) is 0 Å². The lowest BCUT2D eigenvalue weighted by atomic mass is 9.78. The third-order valence-corrected chi connectivity index (χ3v) is 4.84. The average molecular weight is 280 g/mol. The van der Waals surface area contributed by atoms with Gasteiger partial charge in [-0.05, 0) is 38.6 Å². The van der Waals surface area contributed by atoms with Crippen LogP contribution >= 0.6 is 0 Å². The largest absolute Gasteiger partial charge is 0.352 e. The molecule has 0 aromatic carbocycles. The van der Waals surface area contributed by atoms with Crippen molar-refractivity contribution in [3.8, 4) is 0 Å². The number of rotatable bonds is 6. The first kappa shape index (κ1) is 17.2. The van der Waals surface area contributed by atoms with Gasteiger partial charge in [0.15, 0.2) is 0 Å². The first-order valence-electron chi connectivity index (χ1n) is 8.05. The van der Waals surface area contributed by atoms with Crippen molar-refractivity contribution in [2.75, 3.05) is 13.1 Å². The molecule has 3 nitrogen and oxygen atoms in total. The molecule has 0 aliphatic heterocycles. The molecule has 1 aliphatic carbocycles. The van der Waals surface area contributed by atoms with Gasteiger partial charge in [-0.15, -0.1) is 0 Å². The molecule has 0 bridgehead atoms. The van der Waals surface area contributed by atoms with Crippen molar-refractivity contribution in [3.63, 3.8) is 0 Å². The van der Waals surface area contributed by atoms with Crippen molar-refractivity contribution in [2.24, 2.45) is 11.8 Å². The van der Waals surface area contributed by atoms with Crippen LogP contribution in [0.2, 0.25) is 0 Å². The van der Waals surface area contributed by atoms with Crippen molar-refractivity contribution in [1.82, 2.24) is 10.2 Å². The van der Waals surface area contributed by atoms with Crippen LogP contribution in [0.5, 0.6) is 0 Å². The van der Waals surface area contributed by atoms with E-state index >= 15 is 0 Å². The Kier molecular flexibility index (Phi) is 6.74. The topological polar surface area (TPSA) is 32.3 Å². The van der Waals surface area contributed by atoms with Crippen LogP contribution in [0.3, 0.4) is 0 Å². The Morgan fingerprint density at radius 1 is 1.40 bits per heavy atom. The third-order valence-electron chi connectivity index (χ3n) is 4.84. The van der Waals surface area contributed by atoms with Gasteiger partial charge in [0.05, 0.1) is 6.04 Å². The Morgan fingerprint density at radius 3 is 2.60 bits per heavy atom. The van der Waals surface area contributed by atoms with Crippen molar-refractivity contribution in [2.45, 2.75) is 66.0 Å². The summed E-state index contributed by atoms with van der Waals surface area (Å²) >= 11 is 0. The zero-order valence-electron chi connectivity index (χ0n) is 13.9. The van der Waals surface area contributed by atoms with Crippen LogP contribution in [0.1, 0.15) is 53.9 Å². The van der Waals surface area contributed by atoms with Gasteiger partial charge in [0.2, 0.25) is 5.91 Å². The molecule has 4 atom stereocenters. The van der Waals surface area contributed by atoms with Gasteiger partial charge < -0.3 is 5.32 Å². The van der Waals surface area contributed by atoms with Gasteiger partial charge in [0, 0.05) is 12.6 Å². The quantitative estimate of drug-likeness (QED) is 0.758. The molecule has 0 aromatic heterocycles. The maximum absolute atomic E-state index is 12.5. The van der Waals surface area contributed by atoms with Crippen LogP contribution in [-0.2, 0) is 4.79 Å². The lowest BCUT2D eigenvalue weighted by Crippen LogP contribution is -2.51. The second-order valence-electron chi connectivity index (χ2n) is 6.58. The lowest BCUT2D eigenvalue weighted by Gasteiger charge is -2.36. The van der Waals surface area contributed by atoms with Crippen LogP contribution in [-0.4, -0.2) is 36.0 Å². The molecule has 0 saturated heterocycles. The minimum Gasteiger partial charge on any atom is -0.352 e. The molecule has 1 aliphatic rings. The molecule has 116 valence electrons. The van der Waals surface area contributed by atoms with Crippen LogP contribution in [0, 0.1) is 11.8 Å². The Hall–Kier alpha value is -0.830. The molecule has 0 heterocycles. The monoisotopic (exact) mass is 280 g/mol. The molecule has 1 N–H and O–H groups in total. The number of likely N-dealkylation sites (N-methyl/N-ethyl adjacent to an activating group) is 1. The van der Waals surface area contributed by atoms with Gasteiger partial charge in [-0.25, -0.2) is 0 Å². The maximum atomic E-state index is 12.5. The smallest absolute Gasteiger partial charge is 0.237 e. The molecule has 0 aromatic rings. The highest BCUT2D eigenvalue weighted by Crippen LogP contribution is 2.29. The Morgan fingerprint density at radius 2 is 2.05 bits per heavy atom. The zero-order chi connectivity index (χ0) is 15.3. The number of hydrogen-bond acceptors (Lipinski definition) is 2. The minimum atomic E-state index is -0.0823. The summed E-state index contributed by atoms with van der Waals surface area (Å²) in [5.41, 5.74) is 1.10. The Labute approximate surface area is 124 Å². The third kappa shape index (κ3) is 4.62. The number of hydrogen-bond donors (Lipinski definition) is 1. The summed E-state index contributed by atoms with van der Waals surface area (Å²) in [7, 11) is 0. The van der Waals surface area contributed by atoms with E-state index in [4.69, 9.17) is 0 Å². The molecule has 1 saturated carbocycles. The predicted octanol–water partition coefficient (Wildman–Crippen LogP) is 3.21. The lowest BCUT2D eigenvalue weighted by molar-refractivity contribution is -0.127. The molecule has 1 amide bonds. The first-order chi connectivity index (χ1) is 9.36. The maximum Gasteiger partial charge on any atom is 0.237 e. The summed E-state index contributed by atoms with van der Waals surface area (Å²) in [6.07, 6.45) is 3.64. The van der Waals surface area contributed by atoms with Crippen LogP contribution < -0.4 is 5.32 Å². The average Bonchev–Trinajstić information content (AvgIpc) is 2.40. The molecule has 1 fully saturated rings. The van der Waals surface area contributed by atoms with E-state index in [1.165, 1.54) is 12.8 Å². The van der Waals surface area contributed by atoms with Crippen molar-refractivity contribution >= 4 is 5.91 Å². The molecule has 0 radical (unpaired) electrons. The minimum absolute atomic E-state index is 0.0823. The van der Waals surface area contributed by atoms with Gasteiger partial charge in [-0.3, -0.25) is 9.69 Å². The number of carbonyl (C=O) groups is 1. The zero-order valence-corrected chi connectivity index (χ0v) is 13.9. The van der Waals surface area contributed by atoms with Crippen LogP contribution in [0.4, 0.5) is 0 Å². The van der Waals surface area contributed by atoms with E-state index in [2.05, 4.69) is 37.6 Å². The summed E-state index contributed by atoms with van der Waals surface area (Å²) in [5.74, 6) is 1.46. The first-order valence-corrected chi connectivity index (χ1v) is 8.05. The van der Waals surface area contributed by atoms with E-state index in [1.807, 2.05) is 13.8 Å². The SMILES string of the molecule is C=C(C)CN(CC)C(C)C(=O)NC1CCCC(C)C1C. The highest BCUT2D eigenvalue weighted by Gasteiger charge is 2.30. The fourth-order valence-electron chi connectivity index (χ4n) is 3.12. The van der Waals surface area contributed by atoms with Crippen molar-refractivity contribution in [1.29, 1.82) is 0 Å². The van der Waals surface area contributed by atoms with Crippen LogP contribution in [0.15, 0.2) is 12.2 Å². The Bertz CT molecular complexity index is 340. The molecule has 0 spiro atoms. The molecular formula is C17H32N2O. The number of amides is 1. The molecule has 4 unspecified atom stereocenters. The normalized spacial score (nSPS) is 28.2. The summed E-state index contributed by atoms with van der Waals surface area (Å²) in [6, 6.07) is 0.262. The molecule has 20 heavy (non-hydrogen) atoms. The van der Waals surface area contributed by atoms with Gasteiger partial charge in [-0.1, -0.05) is 45.8 Å². The highest BCUT2D eigenvalue weighted by molar-refractivity contribution is 5.81. The second-order valence-corrected chi connectivity index (χ2v) is 6.58. The summed E-state index contributed by atoms with van der Waals surface area (Å²) in [4.78, 5) is 14.6. The predicted molar refractivity (Wildman–Crippen MR) is 85.6 cm³/mol. The van der Waals surface area contributed by atoms with E-state index in [9.17, 15) is 4.79 Å². The number of carbonyl (C=O) groups excluding carboxylic acids is 1. The summed E-state index contributed by atoms with van der Waals surface area (Å²) in [6.45, 7) is 16.3. The van der Waals surface area contributed by atoms with E-state index in [0.29, 0.717) is 17.9 Å². The molecule has 3 heteroatoms. The standard InChI is InChI=1S/C17H32N2O/c1-7-19(11-12(2)3)15(6)17(20)18-16-10-8-9-13(4)14(16)5/h13-16H,2,7-11H2,1,3-6H3,(H,18,20). The Balaban J connectivity index is 2.57. The van der Waals surface area contributed by atoms with E-state index < -0.39 is 0 Å². The van der Waals surface area contributed by atoms with E-state index in [1.54, 1.807) is 0 Å². The second kappa shape index (κ2) is 7.82. The van der Waals surface area contributed by atoms with E-state index in [-0.39, 0.29) is 11.9 Å². The summed E-state index contributed by atoms with van der Waals surface area (Å²) in [5, 5.41) is 3.28. The van der Waals surface area contributed by atoms with E-state index in [0.717, 1.165) is 25.1 Å². The number of nitrogens with one attached hydrogen (secondary N) is 1. The molecular weight excluding hydrogens is 248 g/mol. The number of nitrogens with zero attached hydrogens (tertiary/aromatic N) is 1. The van der Waals surface area contributed by atoms with Gasteiger partial charge >= 0.3 is 0 Å². The fourth-order valence-corrected chi connectivity index (χ4v) is 3.12. The van der Waals surface area contributed by atoms with Crippen molar-refractivity contribution < 1.29 is 4.79 Å². The van der Waals surface area contributed by atoms with Gasteiger partial charge in [0.25, 0.3) is 0 Å². The van der Waals surface area contributed by atoms with Crippen molar-refractivity contribution in [3.05, 3.63) is 12.2 Å². The van der Waals surface area contributed by atoms with Crippen LogP contribution in [0.25, 0.3) is 0 Å². The highest BCUT2D eigenvalue weighted by atomic mass is 16.2.